The van der Waals surface area contributed by atoms with Gasteiger partial charge in [-0.1, -0.05) is 47.3 Å². The molecule has 0 aromatic heterocycles. The highest BCUT2D eigenvalue weighted by atomic mass is 79.9. The maximum atomic E-state index is 5.21. The van der Waals surface area contributed by atoms with Crippen LogP contribution in [0.2, 0.25) is 0 Å². The van der Waals surface area contributed by atoms with Gasteiger partial charge in [0.15, 0.2) is 0 Å². The van der Waals surface area contributed by atoms with Crippen LogP contribution in [0.5, 0.6) is 5.75 Å². The molecule has 20 heavy (non-hydrogen) atoms. The van der Waals surface area contributed by atoms with Crippen LogP contribution in [0.4, 0.5) is 0 Å². The minimum atomic E-state index is 0.805. The third kappa shape index (κ3) is 4.78. The second kappa shape index (κ2) is 8.68. The monoisotopic (exact) mass is 339 g/mol. The lowest BCUT2D eigenvalue weighted by molar-refractivity contribution is 0.167. The van der Waals surface area contributed by atoms with Crippen LogP contribution >= 0.6 is 15.9 Å². The number of halogens is 1. The van der Waals surface area contributed by atoms with Crippen molar-refractivity contribution in [3.05, 3.63) is 29.8 Å². The van der Waals surface area contributed by atoms with Gasteiger partial charge in [0.25, 0.3) is 0 Å². The average Bonchev–Trinajstić information content (AvgIpc) is 2.53. The smallest absolute Gasteiger partial charge is 0.118 e. The molecule has 3 heteroatoms. The lowest BCUT2D eigenvalue weighted by Crippen LogP contribution is -2.39. The Morgan fingerprint density at radius 3 is 2.40 bits per heavy atom. The lowest BCUT2D eigenvalue weighted by atomic mass is 9.94. The summed E-state index contributed by atoms with van der Waals surface area (Å²) in [6.07, 6.45) is 8.15. The molecule has 1 fully saturated rings. The number of hydrogen-bond acceptors (Lipinski definition) is 2. The first-order chi connectivity index (χ1) is 9.83. The molecule has 2 rings (SSSR count). The van der Waals surface area contributed by atoms with E-state index in [9.17, 15) is 0 Å². The van der Waals surface area contributed by atoms with E-state index in [1.54, 1.807) is 7.11 Å². The van der Waals surface area contributed by atoms with E-state index in [-0.39, 0.29) is 0 Å². The highest BCUT2D eigenvalue weighted by Crippen LogP contribution is 2.23. The SMILES string of the molecule is COc1ccc(CCN(CCBr)C2CCCCC2)cc1. The quantitative estimate of drug-likeness (QED) is 0.688. The predicted molar refractivity (Wildman–Crippen MR) is 88.9 cm³/mol. The van der Waals surface area contributed by atoms with E-state index in [2.05, 4.69) is 45.1 Å². The average molecular weight is 340 g/mol. The molecule has 1 aliphatic carbocycles. The van der Waals surface area contributed by atoms with E-state index in [1.165, 1.54) is 50.8 Å². The fourth-order valence-electron chi connectivity index (χ4n) is 3.10. The van der Waals surface area contributed by atoms with Crippen LogP contribution in [0.1, 0.15) is 37.7 Å². The second-order valence-corrected chi connectivity index (χ2v) is 6.41. The van der Waals surface area contributed by atoms with Crippen LogP contribution in [0.15, 0.2) is 24.3 Å². The van der Waals surface area contributed by atoms with Gasteiger partial charge in [0.2, 0.25) is 0 Å². The van der Waals surface area contributed by atoms with Crippen molar-refractivity contribution in [3.63, 3.8) is 0 Å². The zero-order valence-corrected chi connectivity index (χ0v) is 14.1. The molecule has 1 saturated carbocycles. The van der Waals surface area contributed by atoms with Gasteiger partial charge in [0.1, 0.15) is 5.75 Å². The summed E-state index contributed by atoms with van der Waals surface area (Å²) in [5.74, 6) is 0.943. The molecule has 0 spiro atoms. The first kappa shape index (κ1) is 15.8. The second-order valence-electron chi connectivity index (χ2n) is 5.61. The largest absolute Gasteiger partial charge is 0.497 e. The summed E-state index contributed by atoms with van der Waals surface area (Å²) in [6.45, 7) is 2.34. The molecular formula is C17H26BrNO. The van der Waals surface area contributed by atoms with Gasteiger partial charge in [-0.2, -0.15) is 0 Å². The van der Waals surface area contributed by atoms with Gasteiger partial charge in [-0.3, -0.25) is 4.90 Å². The van der Waals surface area contributed by atoms with Crippen LogP contribution in [-0.2, 0) is 6.42 Å². The summed E-state index contributed by atoms with van der Waals surface area (Å²) in [7, 11) is 1.72. The number of nitrogens with zero attached hydrogens (tertiary/aromatic N) is 1. The molecule has 0 amide bonds. The molecule has 0 saturated heterocycles. The summed E-state index contributed by atoms with van der Waals surface area (Å²) in [6, 6.07) is 9.30. The summed E-state index contributed by atoms with van der Waals surface area (Å²) in [4.78, 5) is 2.68. The normalized spacial score (nSPS) is 16.6. The van der Waals surface area contributed by atoms with Crippen molar-refractivity contribution in [1.29, 1.82) is 0 Å². The first-order valence-corrected chi connectivity index (χ1v) is 8.88. The van der Waals surface area contributed by atoms with E-state index in [0.717, 1.165) is 23.5 Å². The fourth-order valence-corrected chi connectivity index (χ4v) is 3.55. The number of rotatable bonds is 7. The van der Waals surface area contributed by atoms with E-state index >= 15 is 0 Å². The molecule has 0 radical (unpaired) electrons. The van der Waals surface area contributed by atoms with Crippen LogP contribution in [-0.4, -0.2) is 36.5 Å². The van der Waals surface area contributed by atoms with Crippen LogP contribution in [0, 0.1) is 0 Å². The minimum absolute atomic E-state index is 0.805. The van der Waals surface area contributed by atoms with Gasteiger partial charge >= 0.3 is 0 Å². The highest BCUT2D eigenvalue weighted by Gasteiger charge is 2.20. The number of hydrogen-bond donors (Lipinski definition) is 0. The van der Waals surface area contributed by atoms with Gasteiger partial charge in [0.05, 0.1) is 7.11 Å². The summed E-state index contributed by atoms with van der Waals surface area (Å²) in [5.41, 5.74) is 1.40. The van der Waals surface area contributed by atoms with Crippen molar-refractivity contribution >= 4 is 15.9 Å². The zero-order chi connectivity index (χ0) is 14.2. The molecule has 1 aromatic rings. The highest BCUT2D eigenvalue weighted by molar-refractivity contribution is 9.09. The molecule has 0 atom stereocenters. The minimum Gasteiger partial charge on any atom is -0.497 e. The Balaban J connectivity index is 1.86. The molecule has 2 nitrogen and oxygen atoms in total. The maximum Gasteiger partial charge on any atom is 0.118 e. The van der Waals surface area contributed by atoms with Crippen LogP contribution in [0.25, 0.3) is 0 Å². The summed E-state index contributed by atoms with van der Waals surface area (Å²) >= 11 is 3.60. The van der Waals surface area contributed by atoms with Crippen molar-refractivity contribution in [2.75, 3.05) is 25.5 Å². The van der Waals surface area contributed by atoms with E-state index in [1.807, 2.05) is 0 Å². The maximum absolute atomic E-state index is 5.21. The topological polar surface area (TPSA) is 12.5 Å². The number of alkyl halides is 1. The van der Waals surface area contributed by atoms with Crippen molar-refractivity contribution in [2.45, 2.75) is 44.6 Å². The molecule has 0 heterocycles. The van der Waals surface area contributed by atoms with Crippen LogP contribution in [0.3, 0.4) is 0 Å². The Labute approximate surface area is 131 Å². The van der Waals surface area contributed by atoms with Crippen molar-refractivity contribution in [2.24, 2.45) is 0 Å². The van der Waals surface area contributed by atoms with Crippen LogP contribution < -0.4 is 4.74 Å². The third-order valence-corrected chi connectivity index (χ3v) is 4.66. The van der Waals surface area contributed by atoms with Crippen molar-refractivity contribution in [3.8, 4) is 5.75 Å². The van der Waals surface area contributed by atoms with Gasteiger partial charge < -0.3 is 4.74 Å². The Kier molecular flexibility index (Phi) is 6.88. The lowest BCUT2D eigenvalue weighted by Gasteiger charge is -2.34. The molecule has 0 unspecified atom stereocenters. The van der Waals surface area contributed by atoms with Gasteiger partial charge in [0, 0.05) is 24.5 Å². The number of benzene rings is 1. The molecule has 0 aliphatic heterocycles. The Morgan fingerprint density at radius 1 is 1.10 bits per heavy atom. The third-order valence-electron chi connectivity index (χ3n) is 4.31. The summed E-state index contributed by atoms with van der Waals surface area (Å²) in [5, 5.41) is 1.08. The zero-order valence-electron chi connectivity index (χ0n) is 12.5. The number of ether oxygens (including phenoxy) is 1. The Hall–Kier alpha value is -0.540. The fraction of sp³-hybridized carbons (Fsp3) is 0.647. The molecular weight excluding hydrogens is 314 g/mol. The van der Waals surface area contributed by atoms with E-state index in [4.69, 9.17) is 4.74 Å². The Morgan fingerprint density at radius 2 is 1.80 bits per heavy atom. The molecule has 0 N–H and O–H groups in total. The molecule has 112 valence electrons. The summed E-state index contributed by atoms with van der Waals surface area (Å²) < 4.78 is 5.21. The van der Waals surface area contributed by atoms with Gasteiger partial charge in [-0.05, 0) is 37.0 Å². The molecule has 1 aliphatic rings. The van der Waals surface area contributed by atoms with Crippen molar-refractivity contribution < 1.29 is 4.74 Å². The van der Waals surface area contributed by atoms with Gasteiger partial charge in [-0.15, -0.1) is 0 Å². The molecule has 0 bridgehead atoms. The predicted octanol–water partition coefficient (Wildman–Crippen LogP) is 4.27. The number of methoxy groups -OCH3 is 1. The van der Waals surface area contributed by atoms with E-state index in [0.29, 0.717) is 0 Å². The van der Waals surface area contributed by atoms with Gasteiger partial charge in [-0.25, -0.2) is 0 Å². The van der Waals surface area contributed by atoms with Crippen molar-refractivity contribution in [1.82, 2.24) is 4.90 Å². The van der Waals surface area contributed by atoms with E-state index < -0.39 is 0 Å². The standard InChI is InChI=1S/C17H26BrNO/c1-20-17-9-7-15(8-10-17)11-13-19(14-12-18)16-5-3-2-4-6-16/h7-10,16H,2-6,11-14H2,1H3. The first-order valence-electron chi connectivity index (χ1n) is 7.76. The Bertz CT molecular complexity index is 373. The molecule has 1 aromatic carbocycles.